The molecule has 1 aliphatic rings. The van der Waals surface area contributed by atoms with Gasteiger partial charge in [-0.15, -0.1) is 0 Å². The van der Waals surface area contributed by atoms with Gasteiger partial charge in [-0.3, -0.25) is 4.55 Å². The fourth-order valence-corrected chi connectivity index (χ4v) is 2.56. The second kappa shape index (κ2) is 4.19. The van der Waals surface area contributed by atoms with Crippen LogP contribution in [0.4, 0.5) is 13.2 Å². The Bertz CT molecular complexity index is 603. The Labute approximate surface area is 107 Å². The van der Waals surface area contributed by atoms with Gasteiger partial charge < -0.3 is 4.74 Å². The van der Waals surface area contributed by atoms with Crippen LogP contribution < -0.4 is 0 Å². The lowest BCUT2D eigenvalue weighted by Crippen LogP contribution is -2.35. The molecule has 0 saturated carbocycles. The van der Waals surface area contributed by atoms with Gasteiger partial charge in [-0.05, 0) is 18.6 Å². The smallest absolute Gasteiger partial charge is 0.359 e. The van der Waals surface area contributed by atoms with E-state index in [0.717, 1.165) is 6.07 Å². The third-order valence-electron chi connectivity index (χ3n) is 2.98. The van der Waals surface area contributed by atoms with Crippen LogP contribution in [-0.4, -0.2) is 31.4 Å². The van der Waals surface area contributed by atoms with Crippen LogP contribution in [0.1, 0.15) is 11.1 Å². The molecule has 0 aliphatic carbocycles. The number of epoxide rings is 1. The number of rotatable bonds is 3. The van der Waals surface area contributed by atoms with Gasteiger partial charge in [-0.2, -0.15) is 21.6 Å². The Morgan fingerprint density at radius 2 is 2.00 bits per heavy atom. The molecule has 106 valence electrons. The first-order valence-corrected chi connectivity index (χ1v) is 6.77. The summed E-state index contributed by atoms with van der Waals surface area (Å²) in [4.78, 5) is -0.516. The normalized spacial score (nSPS) is 23.4. The summed E-state index contributed by atoms with van der Waals surface area (Å²) in [7, 11) is -4.56. The van der Waals surface area contributed by atoms with E-state index in [1.807, 2.05) is 0 Å². The summed E-state index contributed by atoms with van der Waals surface area (Å²) < 4.78 is 74.1. The summed E-state index contributed by atoms with van der Waals surface area (Å²) >= 11 is 0. The van der Waals surface area contributed by atoms with E-state index in [-0.39, 0.29) is 5.56 Å². The van der Waals surface area contributed by atoms with Gasteiger partial charge in [-0.25, -0.2) is 0 Å². The number of alkyl halides is 3. The summed E-state index contributed by atoms with van der Waals surface area (Å²) in [6.45, 7) is 1.11. The van der Waals surface area contributed by atoms with Gasteiger partial charge in [0.25, 0.3) is 10.1 Å². The molecule has 8 heteroatoms. The fourth-order valence-electron chi connectivity index (χ4n) is 1.86. The van der Waals surface area contributed by atoms with Gasteiger partial charge in [0.1, 0.15) is 0 Å². The number of ether oxygens (including phenoxy) is 1. The Morgan fingerprint density at radius 3 is 2.42 bits per heavy atom. The van der Waals surface area contributed by atoms with Crippen molar-refractivity contribution in [2.75, 3.05) is 6.61 Å². The van der Waals surface area contributed by atoms with Crippen molar-refractivity contribution in [3.05, 3.63) is 29.3 Å². The minimum Gasteiger partial charge on any atom is -0.359 e. The van der Waals surface area contributed by atoms with E-state index in [2.05, 4.69) is 4.74 Å². The number of aryl methyl sites for hydroxylation is 1. The maximum Gasteiger partial charge on any atom is 0.420 e. The molecule has 4 nitrogen and oxygen atoms in total. The van der Waals surface area contributed by atoms with Crippen molar-refractivity contribution in [2.24, 2.45) is 0 Å². The van der Waals surface area contributed by atoms with Crippen LogP contribution in [0, 0.1) is 6.92 Å². The average molecular weight is 296 g/mol. The number of halogens is 3. The molecule has 1 heterocycles. The lowest BCUT2D eigenvalue weighted by molar-refractivity contribution is -0.183. The van der Waals surface area contributed by atoms with E-state index >= 15 is 0 Å². The Morgan fingerprint density at radius 1 is 1.42 bits per heavy atom. The predicted octanol–water partition coefficient (Wildman–Crippen LogP) is 2.12. The highest BCUT2D eigenvalue weighted by molar-refractivity contribution is 7.85. The Balaban J connectivity index is 2.44. The van der Waals surface area contributed by atoms with Gasteiger partial charge in [0.2, 0.25) is 0 Å². The maximum atomic E-state index is 12.8. The summed E-state index contributed by atoms with van der Waals surface area (Å²) in [6, 6.07) is 3.80. The molecule has 0 spiro atoms. The molecular weight excluding hydrogens is 285 g/mol. The number of hydrogen-bond donors (Lipinski definition) is 1. The molecule has 0 radical (unpaired) electrons. The van der Waals surface area contributed by atoms with Crippen LogP contribution in [0.15, 0.2) is 23.1 Å². The van der Waals surface area contributed by atoms with Gasteiger partial charge in [-0.1, -0.05) is 17.7 Å². The Hall–Kier alpha value is -1.12. The highest BCUT2D eigenvalue weighted by Crippen LogP contribution is 2.46. The second-order valence-corrected chi connectivity index (χ2v) is 5.93. The summed E-state index contributed by atoms with van der Waals surface area (Å²) in [5, 5.41) is 0. The van der Waals surface area contributed by atoms with E-state index < -0.39 is 39.8 Å². The lowest BCUT2D eigenvalue weighted by Gasteiger charge is -2.17. The van der Waals surface area contributed by atoms with E-state index in [4.69, 9.17) is 4.55 Å². The zero-order valence-corrected chi connectivity index (χ0v) is 10.7. The molecule has 1 aromatic rings. The molecule has 0 amide bonds. The van der Waals surface area contributed by atoms with Crippen LogP contribution in [0.3, 0.4) is 0 Å². The van der Waals surface area contributed by atoms with Crippen molar-refractivity contribution >= 4 is 10.1 Å². The number of hydrogen-bond acceptors (Lipinski definition) is 3. The molecule has 1 N–H and O–H groups in total. The minimum atomic E-state index is -4.58. The van der Waals surface area contributed by atoms with E-state index in [9.17, 15) is 21.6 Å². The molecule has 0 aromatic heterocycles. The van der Waals surface area contributed by atoms with Crippen LogP contribution >= 0.6 is 0 Å². The molecule has 19 heavy (non-hydrogen) atoms. The topological polar surface area (TPSA) is 66.9 Å². The van der Waals surface area contributed by atoms with E-state index in [1.54, 1.807) is 6.92 Å². The maximum absolute atomic E-state index is 12.8. The van der Waals surface area contributed by atoms with E-state index in [0.29, 0.717) is 5.56 Å². The first kappa shape index (κ1) is 14.3. The standard InChI is InChI=1S/C11H11F3O4S/c1-7-2-3-9(19(15,16)17)8(4-7)5-10(6-18-10)11(12,13)14/h2-4H,5-6H2,1H3,(H,15,16,17). The van der Waals surface area contributed by atoms with Crippen LogP contribution in [-0.2, 0) is 21.3 Å². The third-order valence-corrected chi connectivity index (χ3v) is 3.93. The van der Waals surface area contributed by atoms with Gasteiger partial charge in [0.05, 0.1) is 11.5 Å². The third kappa shape index (κ3) is 2.75. The monoisotopic (exact) mass is 296 g/mol. The van der Waals surface area contributed by atoms with Crippen molar-refractivity contribution in [2.45, 2.75) is 30.0 Å². The fraction of sp³-hybridized carbons (Fsp3) is 0.455. The Kier molecular flexibility index (Phi) is 3.15. The average Bonchev–Trinajstić information content (AvgIpc) is 2.95. The summed E-state index contributed by atoms with van der Waals surface area (Å²) in [6.07, 6.45) is -5.21. The molecule has 1 atom stereocenters. The molecule has 1 unspecified atom stereocenters. The number of benzene rings is 1. The highest BCUT2D eigenvalue weighted by Gasteiger charge is 2.65. The highest BCUT2D eigenvalue weighted by atomic mass is 32.2. The van der Waals surface area contributed by atoms with Crippen LogP contribution in [0.5, 0.6) is 0 Å². The molecule has 1 aliphatic heterocycles. The zero-order valence-electron chi connectivity index (χ0n) is 9.86. The molecular formula is C11H11F3O4S. The summed E-state index contributed by atoms with van der Waals surface area (Å²) in [5.74, 6) is 0. The van der Waals surface area contributed by atoms with Gasteiger partial charge in [0.15, 0.2) is 5.60 Å². The van der Waals surface area contributed by atoms with Crippen molar-refractivity contribution in [1.82, 2.24) is 0 Å². The first-order valence-electron chi connectivity index (χ1n) is 5.33. The predicted molar refractivity (Wildman–Crippen MR) is 59.4 cm³/mol. The van der Waals surface area contributed by atoms with Crippen molar-refractivity contribution in [3.8, 4) is 0 Å². The largest absolute Gasteiger partial charge is 0.420 e. The van der Waals surface area contributed by atoms with E-state index in [1.165, 1.54) is 12.1 Å². The molecule has 0 bridgehead atoms. The quantitative estimate of drug-likeness (QED) is 0.685. The summed E-state index contributed by atoms with van der Waals surface area (Å²) in [5.41, 5.74) is -1.84. The first-order chi connectivity index (χ1) is 8.55. The van der Waals surface area contributed by atoms with Crippen molar-refractivity contribution in [1.29, 1.82) is 0 Å². The zero-order chi connectivity index (χ0) is 14.5. The molecule has 2 rings (SSSR count). The second-order valence-electron chi connectivity index (χ2n) is 4.54. The minimum absolute atomic E-state index is 0.0997. The SMILES string of the molecule is Cc1ccc(S(=O)(=O)O)c(CC2(C(F)(F)F)CO2)c1. The molecule has 1 aromatic carbocycles. The van der Waals surface area contributed by atoms with Crippen LogP contribution in [0.25, 0.3) is 0 Å². The van der Waals surface area contributed by atoms with Crippen molar-refractivity contribution < 1.29 is 30.9 Å². The lowest BCUT2D eigenvalue weighted by atomic mass is 9.98. The van der Waals surface area contributed by atoms with Gasteiger partial charge >= 0.3 is 6.18 Å². The molecule has 1 fully saturated rings. The van der Waals surface area contributed by atoms with Crippen molar-refractivity contribution in [3.63, 3.8) is 0 Å². The molecule has 1 saturated heterocycles. The van der Waals surface area contributed by atoms with Crippen LogP contribution in [0.2, 0.25) is 0 Å². The van der Waals surface area contributed by atoms with Gasteiger partial charge in [0, 0.05) is 6.42 Å².